The molecule has 38 heavy (non-hydrogen) atoms. The molecule has 0 radical (unpaired) electrons. The average Bonchev–Trinajstić information content (AvgIpc) is 3.24. The van der Waals surface area contributed by atoms with E-state index in [0.717, 1.165) is 35.2 Å². The number of thiazole rings is 1. The Morgan fingerprint density at radius 2 is 1.68 bits per heavy atom. The highest BCUT2D eigenvalue weighted by molar-refractivity contribution is 7.91. The average molecular weight is 600 g/mol. The van der Waals surface area contributed by atoms with Crippen molar-refractivity contribution in [2.75, 3.05) is 31.9 Å². The van der Waals surface area contributed by atoms with E-state index in [9.17, 15) is 13.2 Å². The number of hydrogen-bond acceptors (Lipinski definition) is 6. The summed E-state index contributed by atoms with van der Waals surface area (Å²) in [6.45, 7) is 12.1. The number of halogens is 2. The summed E-state index contributed by atoms with van der Waals surface area (Å²) in [5.74, 6) is -0.307. The highest BCUT2D eigenvalue weighted by Gasteiger charge is 2.24. The zero-order valence-electron chi connectivity index (χ0n) is 22.3. The Morgan fingerprint density at radius 1 is 1.03 bits per heavy atom. The molecule has 0 aliphatic carbocycles. The molecule has 1 aromatic heterocycles. The van der Waals surface area contributed by atoms with Crippen LogP contribution in [0.15, 0.2) is 51.7 Å². The van der Waals surface area contributed by atoms with Gasteiger partial charge in [0.2, 0.25) is 5.91 Å². The fraction of sp³-hybridized carbons (Fsp3) is 0.481. The van der Waals surface area contributed by atoms with Gasteiger partial charge in [0.25, 0.3) is 0 Å². The Bertz CT molecular complexity index is 1440. The molecule has 0 saturated carbocycles. The van der Waals surface area contributed by atoms with Crippen LogP contribution in [0.4, 0.5) is 0 Å². The second kappa shape index (κ2) is 13.0. The van der Waals surface area contributed by atoms with E-state index in [0.29, 0.717) is 24.2 Å². The van der Waals surface area contributed by atoms with Crippen LogP contribution in [0.25, 0.3) is 10.8 Å². The van der Waals surface area contributed by atoms with E-state index in [-0.39, 0.29) is 41.4 Å². The molecular weight excluding hydrogens is 563 g/mol. The van der Waals surface area contributed by atoms with Gasteiger partial charge in [-0.2, -0.15) is 0 Å². The molecule has 3 aromatic rings. The van der Waals surface area contributed by atoms with Gasteiger partial charge in [-0.05, 0) is 62.7 Å². The van der Waals surface area contributed by atoms with Gasteiger partial charge in [0.05, 0.1) is 10.6 Å². The molecule has 2 heterocycles. The van der Waals surface area contributed by atoms with Gasteiger partial charge in [0.15, 0.2) is 14.6 Å². The molecule has 1 aliphatic rings. The number of hydrogen-bond donors (Lipinski definition) is 0. The molecule has 1 fully saturated rings. The minimum Gasteiger partial charge on any atom is -0.340 e. The van der Waals surface area contributed by atoms with E-state index in [1.807, 2.05) is 0 Å². The van der Waals surface area contributed by atoms with Crippen LogP contribution in [-0.4, -0.2) is 66.7 Å². The lowest BCUT2D eigenvalue weighted by atomic mass is 10.1. The van der Waals surface area contributed by atoms with Crippen molar-refractivity contribution >= 4 is 61.9 Å². The van der Waals surface area contributed by atoms with Crippen molar-refractivity contribution in [2.24, 2.45) is 4.99 Å². The van der Waals surface area contributed by atoms with Gasteiger partial charge in [-0.15, -0.1) is 23.7 Å². The first kappa shape index (κ1) is 30.6. The van der Waals surface area contributed by atoms with Crippen LogP contribution in [0.1, 0.15) is 45.9 Å². The van der Waals surface area contributed by atoms with Crippen molar-refractivity contribution in [3.05, 3.63) is 57.3 Å². The van der Waals surface area contributed by atoms with Gasteiger partial charge in [0, 0.05) is 67.3 Å². The van der Waals surface area contributed by atoms with Crippen molar-refractivity contribution in [3.8, 4) is 0 Å². The van der Waals surface area contributed by atoms with Crippen LogP contribution < -0.4 is 4.80 Å². The Hall–Kier alpha value is -1.91. The van der Waals surface area contributed by atoms with Crippen LogP contribution in [0, 0.1) is 0 Å². The maximum Gasteiger partial charge on any atom is 0.223 e. The SMILES string of the molecule is CC(C)N=c1scc(CN2CCN(C(=O)CCS(=O)(=O)c3ccc4cc(Cl)ccc4c3)CC2)n1C(C)C.Cl. The number of carbonyl (C=O) groups excluding carboxylic acids is 1. The van der Waals surface area contributed by atoms with Crippen LogP contribution in [0.3, 0.4) is 0 Å². The normalized spacial score (nSPS) is 15.4. The Morgan fingerprint density at radius 3 is 2.34 bits per heavy atom. The van der Waals surface area contributed by atoms with Crippen LogP contribution >= 0.6 is 35.3 Å². The first-order chi connectivity index (χ1) is 17.5. The predicted molar refractivity (Wildman–Crippen MR) is 158 cm³/mol. The van der Waals surface area contributed by atoms with Crippen molar-refractivity contribution in [1.82, 2.24) is 14.4 Å². The summed E-state index contributed by atoms with van der Waals surface area (Å²) in [6, 6.07) is 10.9. The molecular formula is C27H36Cl2N4O3S2. The monoisotopic (exact) mass is 598 g/mol. The third-order valence-corrected chi connectivity index (χ3v) is 9.38. The molecule has 4 rings (SSSR count). The summed E-state index contributed by atoms with van der Waals surface area (Å²) in [5.41, 5.74) is 1.24. The van der Waals surface area contributed by atoms with E-state index >= 15 is 0 Å². The van der Waals surface area contributed by atoms with E-state index in [4.69, 9.17) is 16.6 Å². The van der Waals surface area contributed by atoms with Crippen molar-refractivity contribution in [3.63, 3.8) is 0 Å². The lowest BCUT2D eigenvalue weighted by Gasteiger charge is -2.35. The lowest BCUT2D eigenvalue weighted by molar-refractivity contribution is -0.132. The third-order valence-electron chi connectivity index (χ3n) is 6.53. The van der Waals surface area contributed by atoms with E-state index in [1.54, 1.807) is 52.6 Å². The molecule has 7 nitrogen and oxygen atoms in total. The maximum atomic E-state index is 12.9. The van der Waals surface area contributed by atoms with E-state index in [1.165, 1.54) is 5.69 Å². The number of aromatic nitrogens is 1. The molecule has 11 heteroatoms. The molecule has 208 valence electrons. The van der Waals surface area contributed by atoms with E-state index < -0.39 is 9.84 Å². The predicted octanol–water partition coefficient (Wildman–Crippen LogP) is 5.18. The van der Waals surface area contributed by atoms with Crippen molar-refractivity contribution in [1.29, 1.82) is 0 Å². The van der Waals surface area contributed by atoms with Gasteiger partial charge in [-0.25, -0.2) is 8.42 Å². The summed E-state index contributed by atoms with van der Waals surface area (Å²) in [7, 11) is -3.57. The quantitative estimate of drug-likeness (QED) is 0.358. The molecule has 0 N–H and O–H groups in total. The second-order valence-electron chi connectivity index (χ2n) is 10.1. The Labute approximate surface area is 240 Å². The number of sulfone groups is 1. The van der Waals surface area contributed by atoms with Gasteiger partial charge < -0.3 is 9.47 Å². The van der Waals surface area contributed by atoms with Gasteiger partial charge in [0.1, 0.15) is 0 Å². The first-order valence-electron chi connectivity index (χ1n) is 12.7. The summed E-state index contributed by atoms with van der Waals surface area (Å²) < 4.78 is 28.2. The number of benzene rings is 2. The third kappa shape index (κ3) is 7.39. The van der Waals surface area contributed by atoms with Gasteiger partial charge in [-0.3, -0.25) is 14.7 Å². The fourth-order valence-corrected chi connectivity index (χ4v) is 7.19. The molecule has 1 amide bonds. The number of piperazine rings is 1. The van der Waals surface area contributed by atoms with Crippen molar-refractivity contribution < 1.29 is 13.2 Å². The zero-order chi connectivity index (χ0) is 26.7. The van der Waals surface area contributed by atoms with Gasteiger partial charge in [-0.1, -0.05) is 23.7 Å². The number of nitrogens with zero attached hydrogens (tertiary/aromatic N) is 4. The second-order valence-corrected chi connectivity index (χ2v) is 13.5. The lowest BCUT2D eigenvalue weighted by Crippen LogP contribution is -2.48. The minimum atomic E-state index is -3.57. The highest BCUT2D eigenvalue weighted by atomic mass is 35.5. The Balaban J connectivity index is 0.00000400. The molecule has 0 unspecified atom stereocenters. The van der Waals surface area contributed by atoms with Crippen LogP contribution in [0.2, 0.25) is 5.02 Å². The Kier molecular flexibility index (Phi) is 10.4. The number of carbonyl (C=O) groups is 1. The molecule has 1 aliphatic heterocycles. The standard InChI is InChI=1S/C27H35ClN4O3S2.ClH/c1-19(2)29-27-32(20(3)4)24(18-36-27)17-30-10-12-31(13-11-30)26(33)9-14-37(34,35)25-8-6-21-15-23(28)7-5-22(21)16-25;/h5-8,15-16,18-20H,9-14,17H2,1-4H3;1H. The largest absolute Gasteiger partial charge is 0.340 e. The number of fused-ring (bicyclic) bond motifs is 1. The summed E-state index contributed by atoms with van der Waals surface area (Å²) >= 11 is 7.70. The summed E-state index contributed by atoms with van der Waals surface area (Å²) in [5, 5.41) is 4.48. The molecule has 0 bridgehead atoms. The number of rotatable bonds is 8. The minimum absolute atomic E-state index is 0. The first-order valence-corrected chi connectivity index (χ1v) is 15.6. The summed E-state index contributed by atoms with van der Waals surface area (Å²) in [4.78, 5) is 23.0. The van der Waals surface area contributed by atoms with Gasteiger partial charge >= 0.3 is 0 Å². The number of amides is 1. The fourth-order valence-electron chi connectivity index (χ4n) is 4.61. The highest BCUT2D eigenvalue weighted by Crippen LogP contribution is 2.24. The topological polar surface area (TPSA) is 75.0 Å². The van der Waals surface area contributed by atoms with E-state index in [2.05, 4.69) is 42.5 Å². The van der Waals surface area contributed by atoms with Crippen molar-refractivity contribution in [2.45, 2.75) is 57.6 Å². The molecule has 1 saturated heterocycles. The van der Waals surface area contributed by atoms with Crippen LogP contribution in [0.5, 0.6) is 0 Å². The molecule has 2 aromatic carbocycles. The smallest absolute Gasteiger partial charge is 0.223 e. The van der Waals surface area contributed by atoms with Crippen LogP contribution in [-0.2, 0) is 21.2 Å². The molecule has 0 spiro atoms. The maximum absolute atomic E-state index is 12.9. The zero-order valence-corrected chi connectivity index (χ0v) is 25.5. The summed E-state index contributed by atoms with van der Waals surface area (Å²) in [6.07, 6.45) is -0.0149. The molecule has 0 atom stereocenters.